The molecule has 2 amide bonds. The van der Waals surface area contributed by atoms with E-state index in [0.29, 0.717) is 16.5 Å². The number of benzene rings is 2. The number of halogens is 1. The third kappa shape index (κ3) is 8.74. The third-order valence-electron chi connectivity index (χ3n) is 5.35. The van der Waals surface area contributed by atoms with E-state index in [-0.39, 0.29) is 43.8 Å². The van der Waals surface area contributed by atoms with Crippen molar-refractivity contribution in [3.05, 3.63) is 59.1 Å². The van der Waals surface area contributed by atoms with Crippen LogP contribution < -0.4 is 14.4 Å². The van der Waals surface area contributed by atoms with Gasteiger partial charge in [0, 0.05) is 30.6 Å². The molecule has 0 radical (unpaired) electrons. The summed E-state index contributed by atoms with van der Waals surface area (Å²) in [5, 5.41) is 3.38. The maximum atomic E-state index is 13.2. The Balaban J connectivity index is 2.16. The molecule has 0 aliphatic heterocycles. The molecular weight excluding hydrogens is 490 g/mol. The number of hydrogen-bond acceptors (Lipinski definition) is 5. The van der Waals surface area contributed by atoms with Crippen molar-refractivity contribution < 1.29 is 22.7 Å². The fourth-order valence-corrected chi connectivity index (χ4v) is 4.75. The quantitative estimate of drug-likeness (QED) is 0.456. The van der Waals surface area contributed by atoms with Gasteiger partial charge in [0.05, 0.1) is 19.1 Å². The van der Waals surface area contributed by atoms with Gasteiger partial charge in [-0.15, -0.1) is 0 Å². The molecule has 0 saturated carbocycles. The van der Waals surface area contributed by atoms with Crippen LogP contribution in [0.5, 0.6) is 5.75 Å². The second kappa shape index (κ2) is 12.8. The molecule has 35 heavy (non-hydrogen) atoms. The summed E-state index contributed by atoms with van der Waals surface area (Å²) in [6, 6.07) is 13.0. The average molecular weight is 524 g/mol. The summed E-state index contributed by atoms with van der Waals surface area (Å²) in [6.07, 6.45) is 1.48. The molecule has 0 spiro atoms. The molecule has 0 unspecified atom stereocenters. The van der Waals surface area contributed by atoms with Crippen molar-refractivity contribution in [1.29, 1.82) is 0 Å². The summed E-state index contributed by atoms with van der Waals surface area (Å²) in [4.78, 5) is 27.4. The van der Waals surface area contributed by atoms with Crippen LogP contribution in [0.3, 0.4) is 0 Å². The Morgan fingerprint density at radius 3 is 2.29 bits per heavy atom. The van der Waals surface area contributed by atoms with Gasteiger partial charge in [0.2, 0.25) is 21.8 Å². The molecule has 0 aliphatic carbocycles. The molecule has 2 aromatic carbocycles. The van der Waals surface area contributed by atoms with Crippen molar-refractivity contribution >= 4 is 39.1 Å². The number of anilines is 1. The first-order valence-corrected chi connectivity index (χ1v) is 13.6. The average Bonchev–Trinajstić information content (AvgIpc) is 2.78. The lowest BCUT2D eigenvalue weighted by Gasteiger charge is -2.30. The van der Waals surface area contributed by atoms with Crippen LogP contribution in [0, 0.1) is 0 Å². The summed E-state index contributed by atoms with van der Waals surface area (Å²) in [5.41, 5.74) is 1.28. The molecule has 0 aliphatic rings. The molecule has 8 nitrogen and oxygen atoms in total. The van der Waals surface area contributed by atoms with Gasteiger partial charge in [-0.25, -0.2) is 8.42 Å². The number of hydrogen-bond donors (Lipinski definition) is 1. The Bertz CT molecular complexity index is 1110. The maximum Gasteiger partial charge on any atom is 0.242 e. The van der Waals surface area contributed by atoms with E-state index in [4.69, 9.17) is 16.3 Å². The van der Waals surface area contributed by atoms with Gasteiger partial charge in [-0.2, -0.15) is 0 Å². The van der Waals surface area contributed by atoms with Crippen LogP contribution in [-0.4, -0.2) is 57.1 Å². The van der Waals surface area contributed by atoms with Gasteiger partial charge in [-0.3, -0.25) is 13.9 Å². The third-order valence-corrected chi connectivity index (χ3v) is 6.78. The molecule has 0 saturated heterocycles. The van der Waals surface area contributed by atoms with E-state index in [1.165, 1.54) is 16.3 Å². The van der Waals surface area contributed by atoms with Crippen LogP contribution in [0.25, 0.3) is 0 Å². The van der Waals surface area contributed by atoms with Gasteiger partial charge in [0.1, 0.15) is 11.8 Å². The van der Waals surface area contributed by atoms with E-state index in [1.807, 2.05) is 19.9 Å². The van der Waals surface area contributed by atoms with Crippen LogP contribution in [0.2, 0.25) is 5.02 Å². The highest BCUT2D eigenvalue weighted by atomic mass is 35.5. The normalized spacial score (nSPS) is 12.2. The molecule has 1 N–H and O–H groups in total. The second-order valence-electron chi connectivity index (χ2n) is 8.63. The second-order valence-corrected chi connectivity index (χ2v) is 11.0. The largest absolute Gasteiger partial charge is 0.497 e. The Labute approximate surface area is 213 Å². The van der Waals surface area contributed by atoms with E-state index in [9.17, 15) is 18.0 Å². The van der Waals surface area contributed by atoms with Crippen molar-refractivity contribution in [3.8, 4) is 5.75 Å². The van der Waals surface area contributed by atoms with Crippen LogP contribution in [-0.2, 0) is 26.2 Å². The number of sulfonamides is 1. The Hall–Kier alpha value is -2.78. The molecule has 0 heterocycles. The van der Waals surface area contributed by atoms with Crippen molar-refractivity contribution in [2.75, 3.05) is 24.2 Å². The highest BCUT2D eigenvalue weighted by Gasteiger charge is 2.27. The lowest BCUT2D eigenvalue weighted by molar-refractivity contribution is -0.140. The van der Waals surface area contributed by atoms with Gasteiger partial charge >= 0.3 is 0 Å². The number of nitrogens with zero attached hydrogens (tertiary/aromatic N) is 2. The van der Waals surface area contributed by atoms with Crippen molar-refractivity contribution in [2.24, 2.45) is 0 Å². The highest BCUT2D eigenvalue weighted by molar-refractivity contribution is 7.92. The van der Waals surface area contributed by atoms with Gasteiger partial charge in [0.25, 0.3) is 0 Å². The topological polar surface area (TPSA) is 96.0 Å². The zero-order valence-electron chi connectivity index (χ0n) is 20.8. The molecule has 2 rings (SSSR count). The summed E-state index contributed by atoms with van der Waals surface area (Å²) in [7, 11) is -2.03. The fourth-order valence-electron chi connectivity index (χ4n) is 3.57. The van der Waals surface area contributed by atoms with Gasteiger partial charge in [0.15, 0.2) is 0 Å². The van der Waals surface area contributed by atoms with Crippen LogP contribution >= 0.6 is 11.6 Å². The Kier molecular flexibility index (Phi) is 10.4. The minimum Gasteiger partial charge on any atom is -0.497 e. The zero-order chi connectivity index (χ0) is 26.2. The molecule has 0 fully saturated rings. The number of carbonyl (C=O) groups excluding carboxylic acids is 2. The first kappa shape index (κ1) is 28.5. The number of rotatable bonds is 12. The van der Waals surface area contributed by atoms with Crippen molar-refractivity contribution in [1.82, 2.24) is 10.2 Å². The lowest BCUT2D eigenvalue weighted by atomic mass is 10.1. The molecule has 0 bridgehead atoms. The zero-order valence-corrected chi connectivity index (χ0v) is 22.4. The standard InChI is InChI=1S/C25H34ClN3O5S/c1-18(2)27-25(31)19(3)28(17-20-8-6-9-21(26)16-20)24(30)10-7-15-29(35(5,32)33)22-11-13-23(34-4)14-12-22/h6,8-9,11-14,16,18-19H,7,10,15,17H2,1-5H3,(H,27,31)/t19-/m1/s1. The summed E-state index contributed by atoms with van der Waals surface area (Å²) < 4.78 is 31.2. The Morgan fingerprint density at radius 2 is 1.74 bits per heavy atom. The SMILES string of the molecule is COc1ccc(N(CCCC(=O)N(Cc2cccc(Cl)c2)[C@H](C)C(=O)NC(C)C)S(C)(=O)=O)cc1. The molecule has 2 aromatic rings. The predicted molar refractivity (Wildman–Crippen MR) is 139 cm³/mol. The predicted octanol–water partition coefficient (Wildman–Crippen LogP) is 3.84. The molecule has 0 aromatic heterocycles. The van der Waals surface area contributed by atoms with Gasteiger partial charge in [-0.1, -0.05) is 23.7 Å². The summed E-state index contributed by atoms with van der Waals surface area (Å²) in [6.45, 7) is 5.72. The Morgan fingerprint density at radius 1 is 1.09 bits per heavy atom. The van der Waals surface area contributed by atoms with Gasteiger partial charge in [-0.05, 0) is 69.2 Å². The lowest BCUT2D eigenvalue weighted by Crippen LogP contribution is -2.49. The van der Waals surface area contributed by atoms with Gasteiger partial charge < -0.3 is 15.0 Å². The number of ether oxygens (including phenoxy) is 1. The first-order valence-electron chi connectivity index (χ1n) is 11.4. The van der Waals surface area contributed by atoms with Crippen LogP contribution in [0.15, 0.2) is 48.5 Å². The van der Waals surface area contributed by atoms with Crippen LogP contribution in [0.1, 0.15) is 39.2 Å². The summed E-state index contributed by atoms with van der Waals surface area (Å²) >= 11 is 6.10. The van der Waals surface area contributed by atoms with E-state index in [2.05, 4.69) is 5.32 Å². The van der Waals surface area contributed by atoms with E-state index >= 15 is 0 Å². The smallest absolute Gasteiger partial charge is 0.242 e. The molecular formula is C25H34ClN3O5S. The minimum absolute atomic E-state index is 0.0686. The fraction of sp³-hybridized carbons (Fsp3) is 0.440. The highest BCUT2D eigenvalue weighted by Crippen LogP contribution is 2.22. The molecule has 192 valence electrons. The van der Waals surface area contributed by atoms with E-state index in [1.54, 1.807) is 49.4 Å². The first-order chi connectivity index (χ1) is 16.4. The minimum atomic E-state index is -3.56. The number of methoxy groups -OCH3 is 1. The maximum absolute atomic E-state index is 13.2. The van der Waals surface area contributed by atoms with E-state index in [0.717, 1.165) is 11.8 Å². The number of carbonyl (C=O) groups is 2. The molecule has 10 heteroatoms. The number of nitrogens with one attached hydrogen (secondary N) is 1. The summed E-state index contributed by atoms with van der Waals surface area (Å²) in [5.74, 6) is 0.105. The van der Waals surface area contributed by atoms with Crippen molar-refractivity contribution in [2.45, 2.75) is 52.2 Å². The van der Waals surface area contributed by atoms with E-state index < -0.39 is 16.1 Å². The van der Waals surface area contributed by atoms with Crippen molar-refractivity contribution in [3.63, 3.8) is 0 Å². The number of amides is 2. The molecule has 1 atom stereocenters. The van der Waals surface area contributed by atoms with Crippen LogP contribution in [0.4, 0.5) is 5.69 Å². The monoisotopic (exact) mass is 523 g/mol.